The topological polar surface area (TPSA) is 64.4 Å². The zero-order chi connectivity index (χ0) is 12.3. The maximum Gasteiger partial charge on any atom is 0.251 e. The van der Waals surface area contributed by atoms with Gasteiger partial charge in [-0.3, -0.25) is 4.79 Å². The van der Waals surface area contributed by atoms with Crippen molar-refractivity contribution in [1.29, 1.82) is 0 Å². The highest BCUT2D eigenvalue weighted by Gasteiger charge is 2.15. The molecule has 1 aliphatic heterocycles. The van der Waals surface area contributed by atoms with Crippen molar-refractivity contribution in [1.82, 2.24) is 0 Å². The smallest absolute Gasteiger partial charge is 0.251 e. The molecule has 1 unspecified atom stereocenters. The second-order valence-electron chi connectivity index (χ2n) is 4.12. The molecule has 1 saturated heterocycles. The Morgan fingerprint density at radius 3 is 3.00 bits per heavy atom. The molecular formula is C12H15FN2O2. The van der Waals surface area contributed by atoms with Gasteiger partial charge in [0, 0.05) is 18.3 Å². The van der Waals surface area contributed by atoms with Gasteiger partial charge in [-0.25, -0.2) is 4.39 Å². The maximum absolute atomic E-state index is 13.2. The number of rotatable bonds is 3. The highest BCUT2D eigenvalue weighted by molar-refractivity contribution is 5.94. The van der Waals surface area contributed by atoms with E-state index >= 15 is 0 Å². The fourth-order valence-corrected chi connectivity index (χ4v) is 1.89. The van der Waals surface area contributed by atoms with Gasteiger partial charge in [0.05, 0.1) is 12.2 Å². The van der Waals surface area contributed by atoms with E-state index in [4.69, 9.17) is 10.5 Å². The van der Waals surface area contributed by atoms with Crippen molar-refractivity contribution in [2.24, 2.45) is 5.73 Å². The Hall–Kier alpha value is -1.62. The number of anilines is 1. The second-order valence-corrected chi connectivity index (χ2v) is 4.12. The molecule has 1 heterocycles. The third-order valence-electron chi connectivity index (χ3n) is 2.76. The van der Waals surface area contributed by atoms with E-state index in [0.717, 1.165) is 19.4 Å². The maximum atomic E-state index is 13.2. The van der Waals surface area contributed by atoms with Crippen molar-refractivity contribution in [3.8, 4) is 0 Å². The summed E-state index contributed by atoms with van der Waals surface area (Å²) < 4.78 is 18.6. The van der Waals surface area contributed by atoms with Crippen LogP contribution in [0.5, 0.6) is 0 Å². The number of nitrogens with two attached hydrogens (primary N) is 1. The predicted molar refractivity (Wildman–Crippen MR) is 62.4 cm³/mol. The highest BCUT2D eigenvalue weighted by Crippen LogP contribution is 2.18. The first-order valence-electron chi connectivity index (χ1n) is 5.60. The molecule has 5 heteroatoms. The van der Waals surface area contributed by atoms with Crippen LogP contribution in [0.2, 0.25) is 0 Å². The summed E-state index contributed by atoms with van der Waals surface area (Å²) in [6.07, 6.45) is 2.00. The van der Waals surface area contributed by atoms with E-state index in [0.29, 0.717) is 12.3 Å². The van der Waals surface area contributed by atoms with Crippen LogP contribution >= 0.6 is 0 Å². The molecular weight excluding hydrogens is 223 g/mol. The van der Waals surface area contributed by atoms with Crippen molar-refractivity contribution in [3.05, 3.63) is 29.6 Å². The molecule has 17 heavy (non-hydrogen) atoms. The molecule has 1 aromatic carbocycles. The van der Waals surface area contributed by atoms with Gasteiger partial charge in [0.25, 0.3) is 5.91 Å². The van der Waals surface area contributed by atoms with Crippen LogP contribution in [0.3, 0.4) is 0 Å². The summed E-state index contributed by atoms with van der Waals surface area (Å²) in [6.45, 7) is 1.41. The van der Waals surface area contributed by atoms with Gasteiger partial charge in [0.15, 0.2) is 0 Å². The standard InChI is InChI=1S/C12H15FN2O2/c13-11-4-3-8(6-10(11)12(14)16)15-9-2-1-5-17-7-9/h3-4,6,9,15H,1-2,5,7H2,(H2,14,16). The van der Waals surface area contributed by atoms with E-state index < -0.39 is 11.7 Å². The molecule has 1 aromatic rings. The highest BCUT2D eigenvalue weighted by atomic mass is 19.1. The van der Waals surface area contributed by atoms with Gasteiger partial charge >= 0.3 is 0 Å². The Balaban J connectivity index is 2.10. The van der Waals surface area contributed by atoms with Gasteiger partial charge in [-0.1, -0.05) is 0 Å². The first-order chi connectivity index (χ1) is 8.16. The van der Waals surface area contributed by atoms with Crippen molar-refractivity contribution in [3.63, 3.8) is 0 Å². The molecule has 0 aliphatic carbocycles. The predicted octanol–water partition coefficient (Wildman–Crippen LogP) is 1.52. The normalized spacial score (nSPS) is 19.9. The SMILES string of the molecule is NC(=O)c1cc(NC2CCCOC2)ccc1F. The molecule has 0 aromatic heterocycles. The van der Waals surface area contributed by atoms with Gasteiger partial charge in [-0.05, 0) is 31.0 Å². The monoisotopic (exact) mass is 238 g/mol. The van der Waals surface area contributed by atoms with Gasteiger partial charge in [-0.2, -0.15) is 0 Å². The zero-order valence-corrected chi connectivity index (χ0v) is 9.41. The van der Waals surface area contributed by atoms with Gasteiger partial charge < -0.3 is 15.8 Å². The Labute approximate surface area is 98.9 Å². The summed E-state index contributed by atoms with van der Waals surface area (Å²) >= 11 is 0. The minimum Gasteiger partial charge on any atom is -0.380 e. The van der Waals surface area contributed by atoms with E-state index in [1.54, 1.807) is 6.07 Å². The van der Waals surface area contributed by atoms with Crippen LogP contribution in [0.15, 0.2) is 18.2 Å². The van der Waals surface area contributed by atoms with Gasteiger partial charge in [0.2, 0.25) is 0 Å². The van der Waals surface area contributed by atoms with Crippen molar-refractivity contribution >= 4 is 11.6 Å². The lowest BCUT2D eigenvalue weighted by Gasteiger charge is -2.24. The first-order valence-corrected chi connectivity index (χ1v) is 5.60. The van der Waals surface area contributed by atoms with Crippen molar-refractivity contribution in [2.75, 3.05) is 18.5 Å². The molecule has 1 aliphatic rings. The minimum absolute atomic E-state index is 0.0910. The molecule has 0 radical (unpaired) electrons. The van der Waals surface area contributed by atoms with Crippen LogP contribution in [0.25, 0.3) is 0 Å². The zero-order valence-electron chi connectivity index (χ0n) is 9.41. The van der Waals surface area contributed by atoms with Crippen LogP contribution in [-0.4, -0.2) is 25.2 Å². The number of benzene rings is 1. The first kappa shape index (κ1) is 11.9. The fraction of sp³-hybridized carbons (Fsp3) is 0.417. The molecule has 92 valence electrons. The number of nitrogens with one attached hydrogen (secondary N) is 1. The summed E-state index contributed by atoms with van der Waals surface area (Å²) in [7, 11) is 0. The number of hydrogen-bond acceptors (Lipinski definition) is 3. The summed E-state index contributed by atoms with van der Waals surface area (Å²) in [5.74, 6) is -1.35. The second kappa shape index (κ2) is 5.14. The molecule has 2 rings (SSSR count). The molecule has 0 spiro atoms. The fourth-order valence-electron chi connectivity index (χ4n) is 1.89. The van der Waals surface area contributed by atoms with Crippen LogP contribution < -0.4 is 11.1 Å². The summed E-state index contributed by atoms with van der Waals surface area (Å²) in [6, 6.07) is 4.48. The van der Waals surface area contributed by atoms with E-state index in [1.165, 1.54) is 12.1 Å². The molecule has 4 nitrogen and oxygen atoms in total. The van der Waals surface area contributed by atoms with Crippen LogP contribution in [0, 0.1) is 5.82 Å². The van der Waals surface area contributed by atoms with Crippen molar-refractivity contribution < 1.29 is 13.9 Å². The molecule has 0 saturated carbocycles. The lowest BCUT2D eigenvalue weighted by atomic mass is 10.1. The van der Waals surface area contributed by atoms with Crippen molar-refractivity contribution in [2.45, 2.75) is 18.9 Å². The Morgan fingerprint density at radius 2 is 2.35 bits per heavy atom. The Kier molecular flexibility index (Phi) is 3.58. The number of ether oxygens (including phenoxy) is 1. The number of hydrogen-bond donors (Lipinski definition) is 2. The number of carbonyl (C=O) groups excluding carboxylic acids is 1. The van der Waals surface area contributed by atoms with E-state index in [2.05, 4.69) is 5.32 Å². The van der Waals surface area contributed by atoms with Crippen LogP contribution in [0.1, 0.15) is 23.2 Å². The Bertz CT molecular complexity index is 417. The number of amides is 1. The third-order valence-corrected chi connectivity index (χ3v) is 2.76. The van der Waals surface area contributed by atoms with Gasteiger partial charge in [-0.15, -0.1) is 0 Å². The average molecular weight is 238 g/mol. The average Bonchev–Trinajstić information content (AvgIpc) is 2.32. The Morgan fingerprint density at radius 1 is 1.53 bits per heavy atom. The lowest BCUT2D eigenvalue weighted by molar-refractivity contribution is 0.0876. The minimum atomic E-state index is -0.758. The molecule has 1 fully saturated rings. The quantitative estimate of drug-likeness (QED) is 0.839. The number of carbonyl (C=O) groups is 1. The summed E-state index contributed by atoms with van der Waals surface area (Å²) in [5.41, 5.74) is 5.68. The largest absolute Gasteiger partial charge is 0.380 e. The van der Waals surface area contributed by atoms with E-state index in [-0.39, 0.29) is 11.6 Å². The summed E-state index contributed by atoms with van der Waals surface area (Å²) in [4.78, 5) is 11.0. The molecule has 0 bridgehead atoms. The van der Waals surface area contributed by atoms with Crippen LogP contribution in [0.4, 0.5) is 10.1 Å². The van der Waals surface area contributed by atoms with Crippen LogP contribution in [-0.2, 0) is 4.74 Å². The van der Waals surface area contributed by atoms with Gasteiger partial charge in [0.1, 0.15) is 5.82 Å². The molecule has 3 N–H and O–H groups in total. The molecule has 1 amide bonds. The number of halogens is 1. The number of primary amides is 1. The summed E-state index contributed by atoms with van der Waals surface area (Å²) in [5, 5.41) is 3.20. The third kappa shape index (κ3) is 2.94. The molecule has 1 atom stereocenters. The lowest BCUT2D eigenvalue weighted by Crippen LogP contribution is -2.30. The van der Waals surface area contributed by atoms with E-state index in [9.17, 15) is 9.18 Å². The van der Waals surface area contributed by atoms with E-state index in [1.807, 2.05) is 0 Å².